The van der Waals surface area contributed by atoms with Gasteiger partial charge in [-0.1, -0.05) is 23.2 Å². The van der Waals surface area contributed by atoms with E-state index in [-0.39, 0.29) is 18.0 Å². The summed E-state index contributed by atoms with van der Waals surface area (Å²) in [5.41, 5.74) is 1.08. The van der Waals surface area contributed by atoms with Gasteiger partial charge in [-0.2, -0.15) is 0 Å². The van der Waals surface area contributed by atoms with Gasteiger partial charge < -0.3 is 35.1 Å². The summed E-state index contributed by atoms with van der Waals surface area (Å²) in [5.74, 6) is 2.14. The summed E-state index contributed by atoms with van der Waals surface area (Å²) in [6.07, 6.45) is 2.52. The van der Waals surface area contributed by atoms with Crippen LogP contribution in [0.3, 0.4) is 0 Å². The molecule has 232 valence electrons. The lowest BCUT2D eigenvalue weighted by atomic mass is 10.0. The normalized spacial score (nSPS) is 19.7. The summed E-state index contributed by atoms with van der Waals surface area (Å²) >= 11 is 13.6. The Balaban J connectivity index is 1.50. The summed E-state index contributed by atoms with van der Waals surface area (Å²) in [7, 11) is 5.24. The molecule has 0 radical (unpaired) electrons. The van der Waals surface area contributed by atoms with Crippen molar-refractivity contribution in [3.63, 3.8) is 0 Å². The topological polar surface area (TPSA) is 113 Å². The van der Waals surface area contributed by atoms with Crippen LogP contribution in [0.25, 0.3) is 22.0 Å². The number of ether oxygens (including phenoxy) is 3. The minimum atomic E-state index is -0.120. The summed E-state index contributed by atoms with van der Waals surface area (Å²) in [6.45, 7) is 8.33. The van der Waals surface area contributed by atoms with Crippen LogP contribution in [0.15, 0.2) is 24.4 Å². The second-order valence-electron chi connectivity index (χ2n) is 10.9. The summed E-state index contributed by atoms with van der Waals surface area (Å²) in [4.78, 5) is 26.3. The zero-order chi connectivity index (χ0) is 30.5. The van der Waals surface area contributed by atoms with E-state index in [1.54, 1.807) is 26.5 Å². The predicted octanol–water partition coefficient (Wildman–Crippen LogP) is 3.99. The van der Waals surface area contributed by atoms with Crippen LogP contribution < -0.4 is 25.4 Å². The fraction of sp³-hybridized carbons (Fsp3) is 0.500. The van der Waals surface area contributed by atoms with E-state index in [0.29, 0.717) is 64.2 Å². The van der Waals surface area contributed by atoms with Gasteiger partial charge in [-0.3, -0.25) is 9.69 Å². The van der Waals surface area contributed by atoms with Gasteiger partial charge in [0.1, 0.15) is 23.1 Å². The van der Waals surface area contributed by atoms with Crippen molar-refractivity contribution < 1.29 is 19.0 Å². The van der Waals surface area contributed by atoms with E-state index < -0.39 is 0 Å². The molecule has 0 bridgehead atoms. The minimum absolute atomic E-state index is 0.0576. The number of piperazine rings is 1. The predicted molar refractivity (Wildman–Crippen MR) is 171 cm³/mol. The number of amides is 1. The first-order chi connectivity index (χ1) is 20.8. The number of carbonyl (C=O) groups is 1. The van der Waals surface area contributed by atoms with E-state index in [9.17, 15) is 4.79 Å². The number of likely N-dealkylation sites (N-methyl/N-ethyl adjacent to an activating group) is 1. The molecule has 2 fully saturated rings. The highest BCUT2D eigenvalue weighted by atomic mass is 35.5. The van der Waals surface area contributed by atoms with E-state index in [0.717, 1.165) is 49.9 Å². The molecule has 3 aromatic rings. The highest BCUT2D eigenvalue weighted by Crippen LogP contribution is 2.46. The third kappa shape index (κ3) is 7.35. The number of pyridine rings is 2. The Labute approximate surface area is 262 Å². The van der Waals surface area contributed by atoms with Crippen LogP contribution in [0.4, 0.5) is 11.6 Å². The highest BCUT2D eigenvalue weighted by Gasteiger charge is 2.27. The van der Waals surface area contributed by atoms with Crippen molar-refractivity contribution >= 4 is 51.5 Å². The number of anilines is 2. The molecule has 1 aromatic carbocycles. The van der Waals surface area contributed by atoms with Gasteiger partial charge in [-0.15, -0.1) is 0 Å². The third-order valence-electron chi connectivity index (χ3n) is 7.94. The molecular formula is C30H39Cl2N7O4. The molecule has 43 heavy (non-hydrogen) atoms. The Hall–Kier alpha value is -3.09. The summed E-state index contributed by atoms with van der Waals surface area (Å²) in [6, 6.07) is 5.36. The number of hydrogen-bond donors (Lipinski definition) is 3. The maximum Gasteiger partial charge on any atom is 0.217 e. The molecule has 2 saturated heterocycles. The Bertz CT molecular complexity index is 1420. The van der Waals surface area contributed by atoms with E-state index in [1.807, 2.05) is 12.1 Å². The molecule has 2 aromatic heterocycles. The van der Waals surface area contributed by atoms with E-state index in [1.165, 1.54) is 6.92 Å². The average Bonchev–Trinajstić information content (AvgIpc) is 2.99. The van der Waals surface area contributed by atoms with Crippen LogP contribution in [0.2, 0.25) is 10.0 Å². The van der Waals surface area contributed by atoms with Gasteiger partial charge in [0.15, 0.2) is 0 Å². The van der Waals surface area contributed by atoms with Crippen LogP contribution in [0.1, 0.15) is 13.3 Å². The van der Waals surface area contributed by atoms with Crippen molar-refractivity contribution in [3.8, 4) is 22.8 Å². The SMILES string of the molecule is COc1cc(OC)c(Cl)c(-c2cc3cnc(N[C@@H]4COCC[C@@H]4NC(C)=O)cc3c(NCCN3CCN(C)CC3)n2)c1Cl. The number of hydrogen-bond acceptors (Lipinski definition) is 10. The Kier molecular flexibility index (Phi) is 10.3. The van der Waals surface area contributed by atoms with Gasteiger partial charge in [-0.05, 0) is 25.6 Å². The number of nitrogens with one attached hydrogen (secondary N) is 3. The number of methoxy groups -OCH3 is 2. The number of rotatable bonds is 10. The molecule has 2 aliphatic rings. The fourth-order valence-corrected chi connectivity index (χ4v) is 6.20. The molecule has 1 amide bonds. The number of halogens is 2. The lowest BCUT2D eigenvalue weighted by Crippen LogP contribution is -2.51. The lowest BCUT2D eigenvalue weighted by Gasteiger charge is -2.33. The summed E-state index contributed by atoms with van der Waals surface area (Å²) < 4.78 is 16.7. The molecule has 2 aliphatic heterocycles. The summed E-state index contributed by atoms with van der Waals surface area (Å²) in [5, 5.41) is 12.5. The minimum Gasteiger partial charge on any atom is -0.495 e. The Morgan fingerprint density at radius 1 is 1.07 bits per heavy atom. The monoisotopic (exact) mass is 631 g/mol. The largest absolute Gasteiger partial charge is 0.495 e. The number of nitrogens with zero attached hydrogens (tertiary/aromatic N) is 4. The zero-order valence-corrected chi connectivity index (χ0v) is 26.5. The van der Waals surface area contributed by atoms with Crippen molar-refractivity contribution in [3.05, 3.63) is 34.4 Å². The molecule has 5 rings (SSSR count). The van der Waals surface area contributed by atoms with Crippen LogP contribution in [0.5, 0.6) is 11.5 Å². The molecule has 0 aliphatic carbocycles. The van der Waals surface area contributed by atoms with Gasteiger partial charge in [0.05, 0.1) is 48.6 Å². The first-order valence-electron chi connectivity index (χ1n) is 14.4. The second kappa shape index (κ2) is 14.1. The molecule has 0 unspecified atom stereocenters. The van der Waals surface area contributed by atoms with E-state index in [4.69, 9.17) is 47.4 Å². The van der Waals surface area contributed by atoms with Crippen LogP contribution in [-0.4, -0.2) is 112 Å². The van der Waals surface area contributed by atoms with E-state index in [2.05, 4.69) is 32.8 Å². The molecule has 4 heterocycles. The van der Waals surface area contributed by atoms with Gasteiger partial charge in [0, 0.05) is 81.4 Å². The highest BCUT2D eigenvalue weighted by molar-refractivity contribution is 6.41. The van der Waals surface area contributed by atoms with Crippen LogP contribution >= 0.6 is 23.2 Å². The Morgan fingerprint density at radius 3 is 2.47 bits per heavy atom. The fourth-order valence-electron chi connectivity index (χ4n) is 5.51. The maximum absolute atomic E-state index is 11.8. The van der Waals surface area contributed by atoms with Gasteiger partial charge >= 0.3 is 0 Å². The van der Waals surface area contributed by atoms with Gasteiger partial charge in [0.2, 0.25) is 5.91 Å². The van der Waals surface area contributed by atoms with Crippen molar-refractivity contribution in [2.75, 3.05) is 84.4 Å². The molecule has 0 saturated carbocycles. The van der Waals surface area contributed by atoms with Crippen LogP contribution in [0, 0.1) is 0 Å². The molecule has 11 nitrogen and oxygen atoms in total. The molecule has 3 N–H and O–H groups in total. The number of aromatic nitrogens is 2. The molecule has 0 spiro atoms. The lowest BCUT2D eigenvalue weighted by molar-refractivity contribution is -0.120. The standard InChI is InChI=1S/C30H39Cl2N7O4/c1-18(40)35-21-5-12-43-17-23(21)36-26-14-20-19(16-34-26)13-22(27-28(31)24(41-3)15-25(42-4)29(27)32)37-30(20)33-6-7-39-10-8-38(2)9-11-39/h13-16,21,23H,5-12,17H2,1-4H3,(H,33,37)(H,34,36)(H,35,40)/t21-,23+/m0/s1. The first kappa shape index (κ1) is 31.3. The van der Waals surface area contributed by atoms with Gasteiger partial charge in [0.25, 0.3) is 0 Å². The number of benzene rings is 1. The van der Waals surface area contributed by atoms with Crippen molar-refractivity contribution in [2.24, 2.45) is 0 Å². The van der Waals surface area contributed by atoms with Crippen molar-refractivity contribution in [1.29, 1.82) is 0 Å². The first-order valence-corrected chi connectivity index (χ1v) is 15.2. The second-order valence-corrected chi connectivity index (χ2v) is 11.7. The van der Waals surface area contributed by atoms with Gasteiger partial charge in [-0.25, -0.2) is 9.97 Å². The molecule has 13 heteroatoms. The maximum atomic E-state index is 11.8. The average molecular weight is 633 g/mol. The van der Waals surface area contributed by atoms with Crippen molar-refractivity contribution in [2.45, 2.75) is 25.4 Å². The van der Waals surface area contributed by atoms with Crippen molar-refractivity contribution in [1.82, 2.24) is 25.1 Å². The molecule has 2 atom stereocenters. The Morgan fingerprint density at radius 2 is 1.79 bits per heavy atom. The quantitative estimate of drug-likeness (QED) is 0.304. The van der Waals surface area contributed by atoms with Crippen LogP contribution in [-0.2, 0) is 9.53 Å². The third-order valence-corrected chi connectivity index (χ3v) is 8.69. The number of carbonyl (C=O) groups excluding carboxylic acids is 1. The smallest absolute Gasteiger partial charge is 0.217 e. The zero-order valence-electron chi connectivity index (χ0n) is 25.0. The number of fused-ring (bicyclic) bond motifs is 1. The molecular weight excluding hydrogens is 593 g/mol. The van der Waals surface area contributed by atoms with E-state index >= 15 is 0 Å².